The third-order valence-corrected chi connectivity index (χ3v) is 14.3. The molecule has 0 aliphatic rings. The van der Waals surface area contributed by atoms with Gasteiger partial charge in [0, 0.05) is 10.8 Å². The van der Waals surface area contributed by atoms with Gasteiger partial charge in [-0.3, -0.25) is 0 Å². The molecule has 0 saturated heterocycles. The molecule has 12 rings (SSSR count). The van der Waals surface area contributed by atoms with Crippen LogP contribution in [-0.4, -0.2) is 0 Å². The van der Waals surface area contributed by atoms with E-state index in [1.165, 1.54) is 34.1 Å². The zero-order valence-electron chi connectivity index (χ0n) is 41.0. The largest absolute Gasteiger partial charge is 0.304 e. The van der Waals surface area contributed by atoms with Crippen LogP contribution >= 0.6 is 0 Å². The summed E-state index contributed by atoms with van der Waals surface area (Å²) in [5.41, 5.74) is 6.20. The molecule has 0 heterocycles. The minimum atomic E-state index is -0.692. The van der Waals surface area contributed by atoms with Crippen molar-refractivity contribution in [2.75, 3.05) is 9.80 Å². The highest BCUT2D eigenvalue weighted by Gasteiger charge is 2.28. The monoisotopic (exact) mass is 1010 g/mol. The normalized spacial score (nSPS) is 11.0. The molecule has 12 aromatic rings. The van der Waals surface area contributed by atoms with E-state index in [9.17, 15) is 21.0 Å². The summed E-state index contributed by atoms with van der Waals surface area (Å²) in [4.78, 5) is 3.03. The molecule has 0 bridgehead atoms. The summed E-state index contributed by atoms with van der Waals surface area (Å²) in [6.45, 7) is 0. The van der Waals surface area contributed by atoms with Gasteiger partial charge in [0.15, 0.2) is 0 Å². The maximum absolute atomic E-state index is 17.1. The van der Waals surface area contributed by atoms with Crippen LogP contribution in [0.1, 0.15) is 22.3 Å². The molecule has 0 unspecified atom stereocenters. The van der Waals surface area contributed by atoms with E-state index in [4.69, 9.17) is 0 Å². The molecule has 0 radical (unpaired) electrons. The molecule has 0 fully saturated rings. The van der Waals surface area contributed by atoms with E-state index in [1.807, 2.05) is 36.4 Å². The molecule has 366 valence electrons. The molecule has 0 amide bonds. The Bertz CT molecular complexity index is 4090. The zero-order chi connectivity index (χ0) is 53.6. The third-order valence-electron chi connectivity index (χ3n) is 14.3. The van der Waals surface area contributed by atoms with E-state index in [0.29, 0.717) is 99.7 Å². The quantitative estimate of drug-likeness (QED) is 0.0999. The molecule has 0 aliphatic carbocycles. The number of nitrogens with zero attached hydrogens (tertiary/aromatic N) is 6. The highest BCUT2D eigenvalue weighted by atomic mass is 19.1. The Kier molecular flexibility index (Phi) is 12.1. The van der Waals surface area contributed by atoms with Gasteiger partial charge < -0.3 is 9.80 Å². The van der Waals surface area contributed by atoms with Crippen LogP contribution in [0.4, 0.5) is 51.7 Å². The molecule has 0 saturated carbocycles. The van der Waals surface area contributed by atoms with E-state index in [2.05, 4.69) is 24.3 Å². The molecule has 12 aromatic carbocycles. The van der Waals surface area contributed by atoms with Crippen molar-refractivity contribution >= 4 is 66.4 Å². The predicted octanol–water partition coefficient (Wildman–Crippen LogP) is 18.2. The van der Waals surface area contributed by atoms with Crippen molar-refractivity contribution in [3.05, 3.63) is 264 Å². The van der Waals surface area contributed by atoms with Crippen LogP contribution in [0.2, 0.25) is 0 Å². The Hall–Kier alpha value is -11.0. The van der Waals surface area contributed by atoms with Gasteiger partial charge in [0.1, 0.15) is 23.3 Å². The fourth-order valence-corrected chi connectivity index (χ4v) is 10.7. The van der Waals surface area contributed by atoms with Crippen LogP contribution in [0.25, 0.3) is 76.8 Å². The number of hydrogen-bond donors (Lipinski definition) is 0. The first-order chi connectivity index (χ1) is 38.2. The van der Waals surface area contributed by atoms with Crippen LogP contribution in [-0.2, 0) is 0 Å². The van der Waals surface area contributed by atoms with E-state index >= 15 is 17.6 Å². The number of benzene rings is 12. The summed E-state index contributed by atoms with van der Waals surface area (Å²) < 4.78 is 68.3. The molecular formula is C68H36F4N6. The molecule has 6 nitrogen and oxygen atoms in total. The molecule has 0 N–H and O–H groups in total. The van der Waals surface area contributed by atoms with Gasteiger partial charge in [0.25, 0.3) is 0 Å². The third kappa shape index (κ3) is 8.12. The highest BCUT2D eigenvalue weighted by Crippen LogP contribution is 2.50. The maximum atomic E-state index is 17.1. The van der Waals surface area contributed by atoms with Crippen molar-refractivity contribution in [1.29, 1.82) is 21.0 Å². The Morgan fingerprint density at radius 3 is 0.795 bits per heavy atom. The van der Waals surface area contributed by atoms with Gasteiger partial charge in [-0.1, -0.05) is 133 Å². The average molecular weight is 1010 g/mol. The highest BCUT2D eigenvalue weighted by molar-refractivity contribution is 6.28. The SMILES string of the molecule is N#Cc1ccccc1-c1ccc(F)c(N(c2cc(-c3ccccc3C#N)ccc2F)c2ccc3ccc4c(N(c5cc(-c6ccccc6C#N)ccc5F)c5cc(-c6ccccc6C#N)ccc5F)ccc5ccc2c3c54)c1. The first kappa shape index (κ1) is 47.9. The number of halogens is 4. The second kappa shape index (κ2) is 19.7. The van der Waals surface area contributed by atoms with Crippen LogP contribution in [0.5, 0.6) is 0 Å². The smallest absolute Gasteiger partial charge is 0.147 e. The molecule has 0 atom stereocenters. The lowest BCUT2D eigenvalue weighted by Crippen LogP contribution is -2.15. The average Bonchev–Trinajstić information content (AvgIpc) is 3.48. The molecule has 0 aromatic heterocycles. The Morgan fingerprint density at radius 1 is 0.269 bits per heavy atom. The van der Waals surface area contributed by atoms with Gasteiger partial charge >= 0.3 is 0 Å². The molecule has 10 heteroatoms. The summed E-state index contributed by atoms with van der Waals surface area (Å²) in [6.07, 6.45) is 0. The van der Waals surface area contributed by atoms with Crippen LogP contribution in [0, 0.1) is 68.6 Å². The first-order valence-corrected chi connectivity index (χ1v) is 24.6. The van der Waals surface area contributed by atoms with Crippen LogP contribution in [0.15, 0.2) is 218 Å². The number of anilines is 6. The fraction of sp³-hybridized carbons (Fsp3) is 0. The maximum Gasteiger partial charge on any atom is 0.147 e. The Balaban J connectivity index is 1.14. The van der Waals surface area contributed by atoms with E-state index in [1.54, 1.807) is 158 Å². The molecule has 78 heavy (non-hydrogen) atoms. The fourth-order valence-electron chi connectivity index (χ4n) is 10.7. The summed E-state index contributed by atoms with van der Waals surface area (Å²) in [5.74, 6) is -2.77. The summed E-state index contributed by atoms with van der Waals surface area (Å²) >= 11 is 0. The lowest BCUT2D eigenvalue weighted by atomic mass is 9.91. The minimum Gasteiger partial charge on any atom is -0.304 e. The van der Waals surface area contributed by atoms with Crippen molar-refractivity contribution in [2.24, 2.45) is 0 Å². The first-order valence-electron chi connectivity index (χ1n) is 24.6. The van der Waals surface area contributed by atoms with Crippen molar-refractivity contribution in [3.8, 4) is 68.8 Å². The van der Waals surface area contributed by atoms with Crippen molar-refractivity contribution < 1.29 is 17.6 Å². The van der Waals surface area contributed by atoms with Gasteiger partial charge in [0.05, 0.1) is 80.7 Å². The van der Waals surface area contributed by atoms with Gasteiger partial charge in [0.2, 0.25) is 0 Å². The van der Waals surface area contributed by atoms with Gasteiger partial charge in [-0.05, 0) is 151 Å². The second-order valence-electron chi connectivity index (χ2n) is 18.6. The van der Waals surface area contributed by atoms with Crippen LogP contribution < -0.4 is 9.80 Å². The van der Waals surface area contributed by atoms with Gasteiger partial charge in [-0.15, -0.1) is 0 Å². The summed E-state index contributed by atoms with van der Waals surface area (Å²) in [5, 5.41) is 44.6. The number of hydrogen-bond acceptors (Lipinski definition) is 6. The predicted molar refractivity (Wildman–Crippen MR) is 300 cm³/mol. The van der Waals surface area contributed by atoms with Crippen molar-refractivity contribution in [3.63, 3.8) is 0 Å². The molecule has 0 aliphatic heterocycles. The lowest BCUT2D eigenvalue weighted by molar-refractivity contribution is 0.619. The summed E-state index contributed by atoms with van der Waals surface area (Å²) in [7, 11) is 0. The van der Waals surface area contributed by atoms with Gasteiger partial charge in [-0.2, -0.15) is 21.0 Å². The van der Waals surface area contributed by atoms with Crippen molar-refractivity contribution in [1.82, 2.24) is 0 Å². The minimum absolute atomic E-state index is 0.0339. The van der Waals surface area contributed by atoms with Gasteiger partial charge in [-0.25, -0.2) is 17.6 Å². The van der Waals surface area contributed by atoms with E-state index in [0.717, 1.165) is 10.8 Å². The van der Waals surface area contributed by atoms with E-state index < -0.39 is 23.3 Å². The second-order valence-corrected chi connectivity index (χ2v) is 18.6. The number of nitriles is 4. The molecule has 0 spiro atoms. The Labute approximate surface area is 445 Å². The van der Waals surface area contributed by atoms with Crippen molar-refractivity contribution in [2.45, 2.75) is 0 Å². The zero-order valence-corrected chi connectivity index (χ0v) is 41.0. The standard InChI is InChI=1S/C68H36F4N6/c69-57-27-19-43(51-13-5-1-9-47(51)37-73)33-63(57)77(64-34-44(20-28-58(64)70)52-14-6-2-10-48(52)38-74)61-31-23-41-18-26-56-62(32-24-42-17-25-55(61)67(41)68(42)56)78(65-35-45(21-29-59(65)71)53-15-7-3-11-49(53)39-75)66-36-46(22-30-60(66)72)54-16-8-4-12-50(54)40-76/h1-36H. The number of rotatable bonds is 10. The molecular weight excluding hydrogens is 977 g/mol. The van der Waals surface area contributed by atoms with E-state index in [-0.39, 0.29) is 22.7 Å². The summed E-state index contributed by atoms with van der Waals surface area (Å²) in [6, 6.07) is 69.3. The van der Waals surface area contributed by atoms with Crippen LogP contribution in [0.3, 0.4) is 0 Å². The Morgan fingerprint density at radius 2 is 0.526 bits per heavy atom. The topological polar surface area (TPSA) is 102 Å². The lowest BCUT2D eigenvalue weighted by Gasteiger charge is -2.30.